The van der Waals surface area contributed by atoms with Gasteiger partial charge in [-0.05, 0) is 37.6 Å². The molecule has 0 aliphatic carbocycles. The number of carbonyl (C=O) groups excluding carboxylic acids is 1. The summed E-state index contributed by atoms with van der Waals surface area (Å²) >= 11 is 0. The van der Waals surface area contributed by atoms with Crippen molar-refractivity contribution >= 4 is 17.3 Å². The SMILES string of the molecule is CC(=O)Nc1cc(-c2c(C)noc2C)cn(Cc2ccc(N3CCOCC3)cc2)c1=O. The molecule has 0 saturated carbocycles. The largest absolute Gasteiger partial charge is 0.378 e. The van der Waals surface area contributed by atoms with Crippen molar-refractivity contribution in [1.82, 2.24) is 9.72 Å². The maximum atomic E-state index is 13.0. The molecular formula is C23H26N4O4. The molecule has 1 fully saturated rings. The number of anilines is 2. The molecule has 4 rings (SSSR count). The summed E-state index contributed by atoms with van der Waals surface area (Å²) in [7, 11) is 0. The molecule has 0 bridgehead atoms. The minimum Gasteiger partial charge on any atom is -0.378 e. The lowest BCUT2D eigenvalue weighted by Crippen LogP contribution is -2.36. The maximum absolute atomic E-state index is 13.0. The standard InChI is InChI=1S/C23H26N4O4/c1-15-22(16(2)31-25-15)19-12-21(24-17(3)28)23(29)27(14-19)13-18-4-6-20(7-5-18)26-8-10-30-11-9-26/h4-7,12,14H,8-11,13H2,1-3H3,(H,24,28). The number of nitrogens with zero attached hydrogens (tertiary/aromatic N) is 3. The zero-order valence-electron chi connectivity index (χ0n) is 18.0. The molecule has 8 heteroatoms. The number of rotatable bonds is 5. The topological polar surface area (TPSA) is 89.6 Å². The van der Waals surface area contributed by atoms with Crippen LogP contribution >= 0.6 is 0 Å². The van der Waals surface area contributed by atoms with Crippen molar-refractivity contribution in [3.63, 3.8) is 0 Å². The molecule has 1 aromatic carbocycles. The van der Waals surface area contributed by atoms with Crippen LogP contribution in [0.4, 0.5) is 11.4 Å². The molecule has 2 aromatic heterocycles. The van der Waals surface area contributed by atoms with Crippen molar-refractivity contribution in [2.75, 3.05) is 36.5 Å². The molecule has 1 aliphatic rings. The van der Waals surface area contributed by atoms with Gasteiger partial charge in [0.05, 0.1) is 25.5 Å². The van der Waals surface area contributed by atoms with Crippen LogP contribution in [0, 0.1) is 13.8 Å². The number of hydrogen-bond donors (Lipinski definition) is 1. The molecule has 0 radical (unpaired) electrons. The Balaban J connectivity index is 1.67. The van der Waals surface area contributed by atoms with Gasteiger partial charge in [-0.2, -0.15) is 0 Å². The number of ether oxygens (including phenoxy) is 1. The second-order valence-corrected chi connectivity index (χ2v) is 7.72. The van der Waals surface area contributed by atoms with E-state index in [0.717, 1.165) is 54.4 Å². The van der Waals surface area contributed by atoms with Crippen molar-refractivity contribution in [2.24, 2.45) is 0 Å². The van der Waals surface area contributed by atoms with Gasteiger partial charge in [-0.25, -0.2) is 0 Å². The van der Waals surface area contributed by atoms with Crippen LogP contribution in [0.3, 0.4) is 0 Å². The smallest absolute Gasteiger partial charge is 0.274 e. The van der Waals surface area contributed by atoms with Crippen molar-refractivity contribution in [3.8, 4) is 11.1 Å². The van der Waals surface area contributed by atoms with Crippen molar-refractivity contribution in [2.45, 2.75) is 27.3 Å². The first-order valence-corrected chi connectivity index (χ1v) is 10.3. The molecule has 31 heavy (non-hydrogen) atoms. The second kappa shape index (κ2) is 8.77. The molecule has 162 valence electrons. The molecule has 1 aliphatic heterocycles. The second-order valence-electron chi connectivity index (χ2n) is 7.72. The van der Waals surface area contributed by atoms with Gasteiger partial charge < -0.3 is 24.0 Å². The highest BCUT2D eigenvalue weighted by atomic mass is 16.5. The summed E-state index contributed by atoms with van der Waals surface area (Å²) < 4.78 is 12.3. The Hall–Kier alpha value is -3.39. The van der Waals surface area contributed by atoms with E-state index in [-0.39, 0.29) is 17.2 Å². The predicted molar refractivity (Wildman–Crippen MR) is 119 cm³/mol. The number of pyridine rings is 1. The molecule has 3 aromatic rings. The zero-order valence-corrected chi connectivity index (χ0v) is 18.0. The molecule has 1 amide bonds. The normalized spacial score (nSPS) is 14.0. The van der Waals surface area contributed by atoms with Gasteiger partial charge in [0.2, 0.25) is 5.91 Å². The van der Waals surface area contributed by atoms with Crippen LogP contribution in [0.5, 0.6) is 0 Å². The van der Waals surface area contributed by atoms with Gasteiger partial charge in [0, 0.05) is 43.0 Å². The summed E-state index contributed by atoms with van der Waals surface area (Å²) in [6.07, 6.45) is 1.79. The molecule has 0 spiro atoms. The maximum Gasteiger partial charge on any atom is 0.274 e. The minimum absolute atomic E-state index is 0.231. The number of hydrogen-bond acceptors (Lipinski definition) is 6. The molecule has 3 heterocycles. The van der Waals surface area contributed by atoms with Crippen LogP contribution in [0.15, 0.2) is 45.8 Å². The van der Waals surface area contributed by atoms with Crippen LogP contribution in [-0.4, -0.2) is 41.9 Å². The summed E-state index contributed by atoms with van der Waals surface area (Å²) in [6.45, 7) is 8.66. The van der Waals surface area contributed by atoms with Crippen LogP contribution in [0.1, 0.15) is 23.9 Å². The Bertz CT molecular complexity index is 1120. The predicted octanol–water partition coefficient (Wildman–Crippen LogP) is 2.96. The average molecular weight is 422 g/mol. The van der Waals surface area contributed by atoms with Gasteiger partial charge in [0.1, 0.15) is 11.4 Å². The van der Waals surface area contributed by atoms with Gasteiger partial charge in [0.15, 0.2) is 0 Å². The summed E-state index contributed by atoms with van der Waals surface area (Å²) in [4.78, 5) is 26.9. The molecule has 0 atom stereocenters. The van der Waals surface area contributed by atoms with Gasteiger partial charge in [-0.3, -0.25) is 9.59 Å². The number of amides is 1. The van der Waals surface area contributed by atoms with Crippen LogP contribution in [-0.2, 0) is 16.1 Å². The highest BCUT2D eigenvalue weighted by Gasteiger charge is 2.16. The van der Waals surface area contributed by atoms with E-state index in [1.807, 2.05) is 26.0 Å². The third kappa shape index (κ3) is 4.54. The quantitative estimate of drug-likeness (QED) is 0.680. The van der Waals surface area contributed by atoms with E-state index in [0.29, 0.717) is 12.3 Å². The number of benzene rings is 1. The van der Waals surface area contributed by atoms with Gasteiger partial charge in [0.25, 0.3) is 5.56 Å². The van der Waals surface area contributed by atoms with E-state index in [4.69, 9.17) is 9.26 Å². The van der Waals surface area contributed by atoms with E-state index in [1.165, 1.54) is 6.92 Å². The molecule has 1 saturated heterocycles. The summed E-state index contributed by atoms with van der Waals surface area (Å²) in [5.41, 5.74) is 4.42. The van der Waals surface area contributed by atoms with Crippen LogP contribution < -0.4 is 15.8 Å². The average Bonchev–Trinajstić information content (AvgIpc) is 3.10. The number of aromatic nitrogens is 2. The zero-order chi connectivity index (χ0) is 22.0. The highest BCUT2D eigenvalue weighted by Crippen LogP contribution is 2.28. The molecular weight excluding hydrogens is 396 g/mol. The lowest BCUT2D eigenvalue weighted by molar-refractivity contribution is -0.114. The fraction of sp³-hybridized carbons (Fsp3) is 0.348. The number of carbonyl (C=O) groups is 1. The van der Waals surface area contributed by atoms with Crippen molar-refractivity contribution < 1.29 is 14.1 Å². The Morgan fingerprint density at radius 3 is 2.48 bits per heavy atom. The van der Waals surface area contributed by atoms with Crippen molar-refractivity contribution in [3.05, 3.63) is 63.9 Å². The van der Waals surface area contributed by atoms with E-state index in [1.54, 1.807) is 16.8 Å². The van der Waals surface area contributed by atoms with Crippen LogP contribution in [0.2, 0.25) is 0 Å². The molecule has 8 nitrogen and oxygen atoms in total. The Kier molecular flexibility index (Phi) is 5.90. The first-order valence-electron chi connectivity index (χ1n) is 10.3. The van der Waals surface area contributed by atoms with E-state index < -0.39 is 0 Å². The Morgan fingerprint density at radius 2 is 1.87 bits per heavy atom. The van der Waals surface area contributed by atoms with Gasteiger partial charge in [-0.15, -0.1) is 0 Å². The third-order valence-electron chi connectivity index (χ3n) is 5.38. The molecule has 0 unspecified atom stereocenters. The lowest BCUT2D eigenvalue weighted by Gasteiger charge is -2.29. The fourth-order valence-corrected chi connectivity index (χ4v) is 3.89. The Labute approximate surface area is 180 Å². The number of morpholine rings is 1. The van der Waals surface area contributed by atoms with E-state index in [2.05, 4.69) is 27.5 Å². The highest BCUT2D eigenvalue weighted by molar-refractivity contribution is 5.89. The van der Waals surface area contributed by atoms with E-state index >= 15 is 0 Å². The van der Waals surface area contributed by atoms with E-state index in [9.17, 15) is 9.59 Å². The number of nitrogens with one attached hydrogen (secondary N) is 1. The third-order valence-corrected chi connectivity index (χ3v) is 5.38. The first kappa shape index (κ1) is 20.9. The summed E-state index contributed by atoms with van der Waals surface area (Å²) in [5.74, 6) is 0.362. The lowest BCUT2D eigenvalue weighted by atomic mass is 10.1. The fourth-order valence-electron chi connectivity index (χ4n) is 3.89. The monoisotopic (exact) mass is 422 g/mol. The first-order chi connectivity index (χ1) is 14.9. The van der Waals surface area contributed by atoms with Crippen LogP contribution in [0.25, 0.3) is 11.1 Å². The molecule has 1 N–H and O–H groups in total. The van der Waals surface area contributed by atoms with Gasteiger partial charge in [-0.1, -0.05) is 17.3 Å². The Morgan fingerprint density at radius 1 is 1.16 bits per heavy atom. The minimum atomic E-state index is -0.297. The summed E-state index contributed by atoms with van der Waals surface area (Å²) in [6, 6.07) is 9.86. The number of aryl methyl sites for hydroxylation is 2. The van der Waals surface area contributed by atoms with Gasteiger partial charge >= 0.3 is 0 Å². The van der Waals surface area contributed by atoms with Crippen molar-refractivity contribution in [1.29, 1.82) is 0 Å². The summed E-state index contributed by atoms with van der Waals surface area (Å²) in [5, 5.41) is 6.66.